The summed E-state index contributed by atoms with van der Waals surface area (Å²) in [6.45, 7) is 12.8. The van der Waals surface area contributed by atoms with Gasteiger partial charge in [-0.05, 0) is 72.1 Å². The Kier molecular flexibility index (Phi) is 18.2. The summed E-state index contributed by atoms with van der Waals surface area (Å²) in [6, 6.07) is 2.60. The normalized spacial score (nSPS) is 29.1. The van der Waals surface area contributed by atoms with Crippen LogP contribution < -0.4 is 9.64 Å². The number of ether oxygens (including phenoxy) is 5. The van der Waals surface area contributed by atoms with Gasteiger partial charge in [-0.3, -0.25) is 14.4 Å². The van der Waals surface area contributed by atoms with Gasteiger partial charge in [0.25, 0.3) is 0 Å². The third-order valence-corrected chi connectivity index (χ3v) is 15.3. The molecule has 0 aliphatic carbocycles. The number of methoxy groups -OCH3 is 2. The topological polar surface area (TPSA) is 162 Å². The van der Waals surface area contributed by atoms with Crippen LogP contribution in [-0.2, 0) is 49.3 Å². The molecule has 3 aliphatic rings. The first-order valence-electron chi connectivity index (χ1n) is 19.9. The van der Waals surface area contributed by atoms with Gasteiger partial charge in [0, 0.05) is 56.9 Å². The molecule has 1 N–H and O–H groups in total. The molecule has 8 atom stereocenters. The highest BCUT2D eigenvalue weighted by Crippen LogP contribution is 2.50. The minimum absolute atomic E-state index is 0. The van der Waals surface area contributed by atoms with Crippen LogP contribution in [0.1, 0.15) is 100.0 Å². The lowest BCUT2D eigenvalue weighted by Gasteiger charge is -2.41. The zero-order valence-corrected chi connectivity index (χ0v) is 38.5. The Morgan fingerprint density at radius 1 is 1.18 bits per heavy atom. The van der Waals surface area contributed by atoms with Gasteiger partial charge in [-0.2, -0.15) is 0 Å². The van der Waals surface area contributed by atoms with E-state index in [9.17, 15) is 29.1 Å². The Bertz CT molecular complexity index is 1810. The van der Waals surface area contributed by atoms with Gasteiger partial charge >= 0.3 is 11.9 Å². The number of epoxide rings is 1. The highest BCUT2D eigenvalue weighted by atomic mass is 35.5. The van der Waals surface area contributed by atoms with Crippen molar-refractivity contribution in [1.29, 1.82) is 0 Å². The Hall–Kier alpha value is -3.08. The van der Waals surface area contributed by atoms with Crippen molar-refractivity contribution in [3.63, 3.8) is 0 Å². The van der Waals surface area contributed by atoms with Crippen molar-refractivity contribution in [2.24, 2.45) is 5.92 Å². The van der Waals surface area contributed by atoms with Crippen molar-refractivity contribution in [2.75, 3.05) is 39.0 Å². The summed E-state index contributed by atoms with van der Waals surface area (Å²) < 4.78 is 29.4. The van der Waals surface area contributed by atoms with Crippen LogP contribution in [0.4, 0.5) is 5.69 Å². The monoisotopic (exact) mass is 896 g/mol. The molecule has 60 heavy (non-hydrogen) atoms. The van der Waals surface area contributed by atoms with E-state index in [4.69, 9.17) is 35.3 Å². The second kappa shape index (κ2) is 21.3. The Morgan fingerprint density at radius 3 is 2.50 bits per heavy atom. The fourth-order valence-corrected chi connectivity index (χ4v) is 10.4. The molecule has 1 aromatic carbocycles. The minimum atomic E-state index is -1.59. The quantitative estimate of drug-likeness (QED) is 0.0909. The number of carbonyl (C=O) groups excluding carboxylic acids is 5. The summed E-state index contributed by atoms with van der Waals surface area (Å²) in [5.41, 5.74) is -0.660. The van der Waals surface area contributed by atoms with Crippen LogP contribution in [-0.4, -0.2) is 120 Å². The van der Waals surface area contributed by atoms with Gasteiger partial charge in [0.1, 0.15) is 52.1 Å². The van der Waals surface area contributed by atoms with E-state index >= 15 is 0 Å². The summed E-state index contributed by atoms with van der Waals surface area (Å²) in [7, 11) is 9.24. The first kappa shape index (κ1) is 51.3. The summed E-state index contributed by atoms with van der Waals surface area (Å²) in [4.78, 5) is 68.7. The van der Waals surface area contributed by atoms with Crippen molar-refractivity contribution in [3.8, 4) is 5.75 Å². The predicted molar refractivity (Wildman–Crippen MR) is 237 cm³/mol. The standard InChI is InChI=1S/C43H61ClN2O11S2.CH4/c1-25-13-12-14-33(54-11)43(52)23-32(55-37(50)24-43)27(3)39-42(7,57-39)34(22-36(49)46(9)30-20-29(19-25)21-31(53-10)38(30)44)56-40(51)28(4)45(8)35(48)16-18-58-59-41(5,6)17-15-26(2)47;/h12-14,20-21,27-28,32-34,39,52H,15-19,22-24H2,1-11H3;1H4/b14-12+,25-13+;/t27-,28+,32+,33-,34+,39+,42+,43-;/m0./s1. The molecule has 13 nitrogen and oxygen atoms in total. The maximum absolute atomic E-state index is 14.2. The van der Waals surface area contributed by atoms with E-state index in [0.717, 1.165) is 17.6 Å². The number of hydrogen-bond donors (Lipinski definition) is 1. The smallest absolute Gasteiger partial charge is 0.328 e. The molecule has 0 radical (unpaired) electrons. The lowest BCUT2D eigenvalue weighted by atomic mass is 9.78. The van der Waals surface area contributed by atoms with Gasteiger partial charge in [-0.25, -0.2) is 4.79 Å². The fourth-order valence-electron chi connectivity index (χ4n) is 7.50. The van der Waals surface area contributed by atoms with E-state index in [1.165, 1.54) is 31.1 Å². The minimum Gasteiger partial charge on any atom is -0.495 e. The van der Waals surface area contributed by atoms with E-state index in [1.807, 2.05) is 19.9 Å². The fraction of sp³-hybridized carbons (Fsp3) is 0.659. The van der Waals surface area contributed by atoms with Crippen LogP contribution in [0, 0.1) is 5.92 Å². The second-order valence-corrected chi connectivity index (χ2v) is 20.3. The number of allylic oxidation sites excluding steroid dienone is 3. The average Bonchev–Trinajstić information content (AvgIpc) is 3.87. The zero-order valence-electron chi connectivity index (χ0n) is 36.1. The van der Waals surface area contributed by atoms with E-state index in [-0.39, 0.29) is 54.6 Å². The number of hydrogen-bond acceptors (Lipinski definition) is 13. The largest absolute Gasteiger partial charge is 0.495 e. The number of nitrogens with zero attached hydrogens (tertiary/aromatic N) is 2. The van der Waals surface area contributed by atoms with Crippen molar-refractivity contribution in [1.82, 2.24) is 4.90 Å². The van der Waals surface area contributed by atoms with E-state index < -0.39 is 65.4 Å². The first-order chi connectivity index (χ1) is 27.5. The molecule has 3 aliphatic heterocycles. The summed E-state index contributed by atoms with van der Waals surface area (Å²) >= 11 is 6.79. The lowest BCUT2D eigenvalue weighted by molar-refractivity contribution is -0.187. The Morgan fingerprint density at radius 2 is 1.87 bits per heavy atom. The average molecular weight is 898 g/mol. The number of ketones is 1. The number of benzene rings is 1. The number of amides is 2. The maximum atomic E-state index is 14.2. The SMILES string of the molecule is C.COc1cc2cc(c1Cl)N(C)C(=O)C[C@@H](OC(=O)[C@@H](C)N(C)C(=O)CCSSC(C)(C)CCC(C)=O)[C@@]1(C)O[C@@H]1[C@@H](C)[C@H]1C[C@](O)(CC(=O)O1)[C@@H](OC)/C=C/C=C(\C)C2. The molecule has 4 rings (SSSR count). The molecule has 4 bridgehead atoms. The summed E-state index contributed by atoms with van der Waals surface area (Å²) in [5.74, 6) is -1.51. The van der Waals surface area contributed by atoms with Gasteiger partial charge in [-0.1, -0.05) is 71.3 Å². The van der Waals surface area contributed by atoms with Gasteiger partial charge in [0.05, 0.1) is 31.7 Å². The number of anilines is 1. The molecule has 3 heterocycles. The summed E-state index contributed by atoms with van der Waals surface area (Å²) in [5, 5.41) is 12.1. The molecule has 0 saturated carbocycles. The molecule has 2 saturated heterocycles. The molecule has 0 spiro atoms. The number of fused-ring (bicyclic) bond motifs is 5. The zero-order chi connectivity index (χ0) is 44.0. The van der Waals surface area contributed by atoms with Gasteiger partial charge in [0.15, 0.2) is 0 Å². The predicted octanol–water partition coefficient (Wildman–Crippen LogP) is 7.32. The molecule has 16 heteroatoms. The van der Waals surface area contributed by atoms with Crippen LogP contribution in [0.25, 0.3) is 0 Å². The number of Topliss-reactive ketones (excluding diaryl/α,β-unsaturated/α-hetero) is 1. The number of likely N-dealkylation sites (N-methyl/N-ethyl adjacent to an activating group) is 1. The maximum Gasteiger partial charge on any atom is 0.328 e. The lowest BCUT2D eigenvalue weighted by Crippen LogP contribution is -2.53. The highest BCUT2D eigenvalue weighted by molar-refractivity contribution is 8.77. The third-order valence-electron chi connectivity index (χ3n) is 11.5. The van der Waals surface area contributed by atoms with Gasteiger partial charge in [-0.15, -0.1) is 0 Å². The molecule has 0 unspecified atom stereocenters. The molecule has 1 aromatic rings. The van der Waals surface area contributed by atoms with Crippen molar-refractivity contribution in [3.05, 3.63) is 46.5 Å². The van der Waals surface area contributed by atoms with E-state index in [2.05, 4.69) is 13.8 Å². The number of aliphatic hydroxyl groups is 1. The third kappa shape index (κ3) is 12.7. The van der Waals surface area contributed by atoms with Gasteiger partial charge in [0.2, 0.25) is 11.8 Å². The molecular formula is C44H65ClN2O11S2. The molecular weight excluding hydrogens is 832 g/mol. The van der Waals surface area contributed by atoms with Crippen molar-refractivity contribution >= 4 is 68.4 Å². The molecule has 2 fully saturated rings. The molecule has 336 valence electrons. The first-order valence-corrected chi connectivity index (χ1v) is 22.6. The summed E-state index contributed by atoms with van der Waals surface area (Å²) in [6.07, 6.45) is 3.27. The van der Waals surface area contributed by atoms with Crippen LogP contribution in [0.3, 0.4) is 0 Å². The van der Waals surface area contributed by atoms with Crippen LogP contribution in [0.15, 0.2) is 35.9 Å². The molecule has 2 amide bonds. The van der Waals surface area contributed by atoms with Crippen LogP contribution in [0.5, 0.6) is 5.75 Å². The van der Waals surface area contributed by atoms with Crippen LogP contribution >= 0.6 is 33.2 Å². The molecule has 0 aromatic heterocycles. The number of esters is 2. The van der Waals surface area contributed by atoms with Crippen molar-refractivity contribution < 1.29 is 52.8 Å². The van der Waals surface area contributed by atoms with Gasteiger partial charge < -0.3 is 43.4 Å². The number of carbonyl (C=O) groups is 5. The van der Waals surface area contributed by atoms with E-state index in [1.54, 1.807) is 73.7 Å². The number of rotatable bonds is 13. The van der Waals surface area contributed by atoms with Crippen LogP contribution in [0.2, 0.25) is 5.02 Å². The highest BCUT2D eigenvalue weighted by Gasteiger charge is 2.64. The van der Waals surface area contributed by atoms with E-state index in [0.29, 0.717) is 30.0 Å². The number of halogens is 1. The Labute approximate surface area is 369 Å². The van der Waals surface area contributed by atoms with Crippen molar-refractivity contribution in [2.45, 2.75) is 147 Å². The second-order valence-electron chi connectivity index (χ2n) is 16.8. The Balaban J connectivity index is 0.00000961.